The molecule has 7 nitrogen and oxygen atoms in total. The molecule has 2 N–H and O–H groups in total. The summed E-state index contributed by atoms with van der Waals surface area (Å²) in [7, 11) is 1.75. The summed E-state index contributed by atoms with van der Waals surface area (Å²) in [6.45, 7) is 0.319. The highest BCUT2D eigenvalue weighted by atomic mass is 16.5. The highest BCUT2D eigenvalue weighted by Crippen LogP contribution is 2.12. The quantitative estimate of drug-likeness (QED) is 0.751. The topological polar surface area (TPSA) is 91.7 Å². The molecule has 0 saturated heterocycles. The molecule has 0 spiro atoms. The van der Waals surface area contributed by atoms with Gasteiger partial charge < -0.3 is 10.5 Å². The molecule has 0 aliphatic heterocycles. The molecule has 78 valence electrons. The molecule has 0 unspecified atom stereocenters. The number of rotatable bonds is 3. The van der Waals surface area contributed by atoms with Crippen molar-refractivity contribution in [2.75, 3.05) is 0 Å². The molecule has 2 rings (SSSR count). The standard InChI is InChI=1S/C8H10N6O/c1-14-5-11-8(13-14)15-7-4-10-3-6(2-9)12-7/h3-5H,2,9H2,1H3. The third-order valence-electron chi connectivity index (χ3n) is 1.65. The molecule has 0 atom stereocenters. The fraction of sp³-hybridized carbons (Fsp3) is 0.250. The van der Waals surface area contributed by atoms with E-state index in [9.17, 15) is 0 Å². The average molecular weight is 206 g/mol. The predicted molar refractivity (Wildman–Crippen MR) is 51.0 cm³/mol. The van der Waals surface area contributed by atoms with E-state index in [0.29, 0.717) is 18.1 Å². The van der Waals surface area contributed by atoms with E-state index in [-0.39, 0.29) is 6.01 Å². The molecular formula is C8H10N6O. The van der Waals surface area contributed by atoms with Gasteiger partial charge in [-0.15, -0.1) is 5.10 Å². The first kappa shape index (κ1) is 9.53. The van der Waals surface area contributed by atoms with Crippen LogP contribution in [0.3, 0.4) is 0 Å². The van der Waals surface area contributed by atoms with Crippen LogP contribution in [0.1, 0.15) is 5.69 Å². The Morgan fingerprint density at radius 3 is 3.00 bits per heavy atom. The van der Waals surface area contributed by atoms with Gasteiger partial charge in [0.25, 0.3) is 0 Å². The number of aryl methyl sites for hydroxylation is 1. The van der Waals surface area contributed by atoms with E-state index in [0.717, 1.165) is 0 Å². The maximum absolute atomic E-state index is 5.42. The van der Waals surface area contributed by atoms with Gasteiger partial charge in [0.1, 0.15) is 6.33 Å². The molecule has 0 amide bonds. The van der Waals surface area contributed by atoms with Crippen molar-refractivity contribution >= 4 is 0 Å². The molecule has 15 heavy (non-hydrogen) atoms. The fourth-order valence-electron chi connectivity index (χ4n) is 0.994. The molecule has 0 aliphatic rings. The summed E-state index contributed by atoms with van der Waals surface area (Å²) in [5, 5.41) is 3.95. The fourth-order valence-corrected chi connectivity index (χ4v) is 0.994. The second kappa shape index (κ2) is 4.01. The monoisotopic (exact) mass is 206 g/mol. The zero-order valence-corrected chi connectivity index (χ0v) is 8.16. The summed E-state index contributed by atoms with van der Waals surface area (Å²) < 4.78 is 6.81. The summed E-state index contributed by atoms with van der Waals surface area (Å²) in [5.74, 6) is 0.337. The molecule has 2 aromatic heterocycles. The van der Waals surface area contributed by atoms with Gasteiger partial charge in [0.2, 0.25) is 5.88 Å². The van der Waals surface area contributed by atoms with Crippen LogP contribution in [0.15, 0.2) is 18.7 Å². The van der Waals surface area contributed by atoms with Crippen LogP contribution in [0.2, 0.25) is 0 Å². The van der Waals surface area contributed by atoms with Gasteiger partial charge in [-0.2, -0.15) is 4.98 Å². The highest BCUT2D eigenvalue weighted by molar-refractivity contribution is 5.12. The SMILES string of the molecule is Cn1cnc(Oc2cncc(CN)n2)n1. The van der Waals surface area contributed by atoms with Crippen LogP contribution in [0.25, 0.3) is 0 Å². The molecular weight excluding hydrogens is 196 g/mol. The van der Waals surface area contributed by atoms with Crippen LogP contribution in [0, 0.1) is 0 Å². The Balaban J connectivity index is 2.16. The lowest BCUT2D eigenvalue weighted by Crippen LogP contribution is -2.01. The van der Waals surface area contributed by atoms with E-state index in [2.05, 4.69) is 20.1 Å². The van der Waals surface area contributed by atoms with Crippen LogP contribution in [-0.2, 0) is 13.6 Å². The summed E-state index contributed by atoms with van der Waals surface area (Å²) in [6.07, 6.45) is 4.60. The number of hydrogen-bond donors (Lipinski definition) is 1. The number of hydrogen-bond acceptors (Lipinski definition) is 6. The van der Waals surface area contributed by atoms with Crippen molar-refractivity contribution in [2.45, 2.75) is 6.54 Å². The second-order valence-electron chi connectivity index (χ2n) is 2.86. The van der Waals surface area contributed by atoms with Crippen molar-refractivity contribution < 1.29 is 4.74 Å². The van der Waals surface area contributed by atoms with E-state index in [1.165, 1.54) is 17.2 Å². The van der Waals surface area contributed by atoms with Crippen LogP contribution in [0.4, 0.5) is 0 Å². The van der Waals surface area contributed by atoms with Gasteiger partial charge in [-0.3, -0.25) is 9.67 Å². The van der Waals surface area contributed by atoms with Gasteiger partial charge in [-0.25, -0.2) is 4.98 Å². The van der Waals surface area contributed by atoms with Crippen LogP contribution >= 0.6 is 0 Å². The molecule has 2 heterocycles. The maximum Gasteiger partial charge on any atom is 0.342 e. The Bertz CT molecular complexity index is 454. The van der Waals surface area contributed by atoms with Crippen molar-refractivity contribution in [1.82, 2.24) is 24.7 Å². The first-order valence-corrected chi connectivity index (χ1v) is 4.32. The van der Waals surface area contributed by atoms with Crippen LogP contribution in [-0.4, -0.2) is 24.7 Å². The minimum absolute atomic E-state index is 0.237. The first-order valence-electron chi connectivity index (χ1n) is 4.32. The lowest BCUT2D eigenvalue weighted by molar-refractivity contribution is 0.418. The van der Waals surface area contributed by atoms with Gasteiger partial charge in [0.05, 0.1) is 11.9 Å². The maximum atomic E-state index is 5.42. The van der Waals surface area contributed by atoms with Crippen molar-refractivity contribution in [3.05, 3.63) is 24.4 Å². The molecule has 7 heteroatoms. The molecule has 0 radical (unpaired) electrons. The molecule has 0 fully saturated rings. The Labute approximate surface area is 85.9 Å². The second-order valence-corrected chi connectivity index (χ2v) is 2.86. The minimum Gasteiger partial charge on any atom is -0.402 e. The molecule has 2 aromatic rings. The van der Waals surface area contributed by atoms with E-state index in [1.807, 2.05) is 0 Å². The van der Waals surface area contributed by atoms with Crippen molar-refractivity contribution in [2.24, 2.45) is 12.8 Å². The van der Waals surface area contributed by atoms with Crippen LogP contribution < -0.4 is 10.5 Å². The predicted octanol–water partition coefficient (Wildman–Crippen LogP) is -0.144. The smallest absolute Gasteiger partial charge is 0.342 e. The van der Waals surface area contributed by atoms with Crippen molar-refractivity contribution in [3.8, 4) is 11.9 Å². The number of aromatic nitrogens is 5. The number of ether oxygens (including phenoxy) is 1. The molecule has 0 bridgehead atoms. The van der Waals surface area contributed by atoms with Crippen molar-refractivity contribution in [3.63, 3.8) is 0 Å². The molecule has 0 saturated carbocycles. The van der Waals surface area contributed by atoms with Gasteiger partial charge in [-0.05, 0) is 0 Å². The van der Waals surface area contributed by atoms with Gasteiger partial charge in [0.15, 0.2) is 0 Å². The Kier molecular flexibility index (Phi) is 2.55. The van der Waals surface area contributed by atoms with E-state index in [4.69, 9.17) is 10.5 Å². The summed E-state index contributed by atoms with van der Waals surface area (Å²) in [6, 6.07) is 0.237. The first-order chi connectivity index (χ1) is 7.28. The lowest BCUT2D eigenvalue weighted by Gasteiger charge is -2.00. The lowest BCUT2D eigenvalue weighted by atomic mass is 10.5. The average Bonchev–Trinajstić information content (AvgIpc) is 2.64. The summed E-state index contributed by atoms with van der Waals surface area (Å²) >= 11 is 0. The van der Waals surface area contributed by atoms with Crippen molar-refractivity contribution in [1.29, 1.82) is 0 Å². The van der Waals surface area contributed by atoms with Gasteiger partial charge in [-0.1, -0.05) is 0 Å². The third-order valence-corrected chi connectivity index (χ3v) is 1.65. The third kappa shape index (κ3) is 2.26. The van der Waals surface area contributed by atoms with E-state index >= 15 is 0 Å². The summed E-state index contributed by atoms with van der Waals surface area (Å²) in [5.41, 5.74) is 6.08. The number of nitrogens with two attached hydrogens (primary N) is 1. The van der Waals surface area contributed by atoms with Crippen LogP contribution in [0.5, 0.6) is 11.9 Å². The Hall–Kier alpha value is -2.02. The highest BCUT2D eigenvalue weighted by Gasteiger charge is 2.03. The van der Waals surface area contributed by atoms with Gasteiger partial charge in [0, 0.05) is 19.8 Å². The molecule has 0 aliphatic carbocycles. The van der Waals surface area contributed by atoms with E-state index in [1.54, 1.807) is 13.2 Å². The minimum atomic E-state index is 0.237. The zero-order valence-electron chi connectivity index (χ0n) is 8.16. The Morgan fingerprint density at radius 1 is 1.47 bits per heavy atom. The molecule has 0 aromatic carbocycles. The summed E-state index contributed by atoms with van der Waals surface area (Å²) in [4.78, 5) is 11.9. The van der Waals surface area contributed by atoms with E-state index < -0.39 is 0 Å². The Morgan fingerprint density at radius 2 is 2.33 bits per heavy atom. The number of nitrogens with zero attached hydrogens (tertiary/aromatic N) is 5. The normalized spacial score (nSPS) is 10.3. The van der Waals surface area contributed by atoms with Gasteiger partial charge >= 0.3 is 6.01 Å². The zero-order chi connectivity index (χ0) is 10.7. The largest absolute Gasteiger partial charge is 0.402 e.